The number of nitrogens with one attached hydrogen (secondary N) is 1. The van der Waals surface area contributed by atoms with Gasteiger partial charge < -0.3 is 11.1 Å². The number of anilines is 1. The number of carbonyl (C=O) groups excluding carboxylic acids is 1. The number of nitrogen functional groups attached to an aromatic ring is 1. The molecule has 0 radical (unpaired) electrons. The van der Waals surface area contributed by atoms with Crippen LogP contribution in [0.3, 0.4) is 0 Å². The van der Waals surface area contributed by atoms with Gasteiger partial charge in [-0.15, -0.1) is 0 Å². The summed E-state index contributed by atoms with van der Waals surface area (Å²) < 4.78 is 0. The maximum atomic E-state index is 11.8. The van der Waals surface area contributed by atoms with E-state index in [1.54, 1.807) is 6.07 Å². The number of nitrogens with two attached hydrogens (primary N) is 1. The van der Waals surface area contributed by atoms with Crippen LogP contribution in [-0.2, 0) is 4.79 Å². The van der Waals surface area contributed by atoms with Gasteiger partial charge in [-0.2, -0.15) is 0 Å². The predicted octanol–water partition coefficient (Wildman–Crippen LogP) is 1.13. The summed E-state index contributed by atoms with van der Waals surface area (Å²) in [5.74, 6) is 0.533. The van der Waals surface area contributed by atoms with E-state index in [1.165, 1.54) is 11.8 Å². The Morgan fingerprint density at radius 2 is 2.29 bits per heavy atom. The lowest BCUT2D eigenvalue weighted by atomic mass is 10.2. The second-order valence-corrected chi connectivity index (χ2v) is 5.28. The number of carbonyl (C=O) groups is 1. The summed E-state index contributed by atoms with van der Waals surface area (Å²) in [4.78, 5) is 20.2. The SMILES string of the molecule is Cc1cc(N)nc(SC2CCCCNC2=O)n1. The minimum absolute atomic E-state index is 0.0798. The van der Waals surface area contributed by atoms with Crippen molar-refractivity contribution in [2.45, 2.75) is 36.6 Å². The summed E-state index contributed by atoms with van der Waals surface area (Å²) in [5.41, 5.74) is 6.49. The molecule has 1 saturated heterocycles. The highest BCUT2D eigenvalue weighted by molar-refractivity contribution is 8.00. The number of thioether (sulfide) groups is 1. The Bertz CT molecular complexity index is 404. The number of amides is 1. The Balaban J connectivity index is 2.10. The fourth-order valence-corrected chi connectivity index (χ4v) is 2.85. The summed E-state index contributed by atoms with van der Waals surface area (Å²) in [5, 5.41) is 3.39. The van der Waals surface area contributed by atoms with Crippen LogP contribution in [0.4, 0.5) is 5.82 Å². The molecular formula is C11H16N4OS. The van der Waals surface area contributed by atoms with E-state index in [0.29, 0.717) is 11.0 Å². The van der Waals surface area contributed by atoms with Gasteiger partial charge in [-0.1, -0.05) is 18.2 Å². The first-order valence-electron chi connectivity index (χ1n) is 5.70. The second kappa shape index (κ2) is 5.35. The van der Waals surface area contributed by atoms with Gasteiger partial charge in [0.2, 0.25) is 5.91 Å². The Labute approximate surface area is 105 Å². The smallest absolute Gasteiger partial charge is 0.233 e. The molecule has 2 heterocycles. The summed E-state index contributed by atoms with van der Waals surface area (Å²) in [6.07, 6.45) is 2.96. The zero-order valence-electron chi connectivity index (χ0n) is 9.77. The number of hydrogen-bond acceptors (Lipinski definition) is 5. The molecule has 6 heteroatoms. The van der Waals surface area contributed by atoms with Gasteiger partial charge >= 0.3 is 0 Å². The van der Waals surface area contributed by atoms with Crippen LogP contribution in [0.15, 0.2) is 11.2 Å². The first-order valence-corrected chi connectivity index (χ1v) is 6.58. The van der Waals surface area contributed by atoms with Crippen LogP contribution < -0.4 is 11.1 Å². The van der Waals surface area contributed by atoms with Gasteiger partial charge in [-0.05, 0) is 19.8 Å². The molecule has 0 bridgehead atoms. The van der Waals surface area contributed by atoms with Crippen molar-refractivity contribution >= 4 is 23.5 Å². The Kier molecular flexibility index (Phi) is 3.83. The second-order valence-electron chi connectivity index (χ2n) is 4.11. The zero-order chi connectivity index (χ0) is 12.3. The highest BCUT2D eigenvalue weighted by Crippen LogP contribution is 2.26. The average Bonchev–Trinajstić information content (AvgIpc) is 2.43. The highest BCUT2D eigenvalue weighted by atomic mass is 32.2. The van der Waals surface area contributed by atoms with Crippen molar-refractivity contribution in [1.82, 2.24) is 15.3 Å². The topological polar surface area (TPSA) is 80.9 Å². The molecule has 3 N–H and O–H groups in total. The van der Waals surface area contributed by atoms with Crippen molar-refractivity contribution in [2.75, 3.05) is 12.3 Å². The molecule has 1 fully saturated rings. The molecule has 1 aromatic heterocycles. The van der Waals surface area contributed by atoms with E-state index in [-0.39, 0.29) is 11.2 Å². The van der Waals surface area contributed by atoms with Crippen molar-refractivity contribution in [1.29, 1.82) is 0 Å². The van der Waals surface area contributed by atoms with Crippen LogP contribution in [0.2, 0.25) is 0 Å². The summed E-state index contributed by atoms with van der Waals surface area (Å²) in [6, 6.07) is 1.72. The molecule has 0 spiro atoms. The van der Waals surface area contributed by atoms with Gasteiger partial charge in [0, 0.05) is 18.3 Å². The molecule has 92 valence electrons. The maximum Gasteiger partial charge on any atom is 0.233 e. The van der Waals surface area contributed by atoms with Gasteiger partial charge in [0.1, 0.15) is 5.82 Å². The lowest BCUT2D eigenvalue weighted by Gasteiger charge is -2.11. The average molecular weight is 252 g/mol. The molecule has 5 nitrogen and oxygen atoms in total. The van der Waals surface area contributed by atoms with E-state index in [0.717, 1.165) is 31.5 Å². The fraction of sp³-hybridized carbons (Fsp3) is 0.545. The zero-order valence-corrected chi connectivity index (χ0v) is 10.6. The summed E-state index contributed by atoms with van der Waals surface area (Å²) >= 11 is 1.40. The standard InChI is InChI=1S/C11H16N4OS/c1-7-6-9(12)15-11(14-7)17-8-4-2-3-5-13-10(8)16/h6,8H,2-5H2,1H3,(H,13,16)(H2,12,14,15). The predicted molar refractivity (Wildman–Crippen MR) is 67.7 cm³/mol. The van der Waals surface area contributed by atoms with Gasteiger partial charge in [0.15, 0.2) is 5.16 Å². The minimum atomic E-state index is -0.0984. The molecule has 1 unspecified atom stereocenters. The van der Waals surface area contributed by atoms with E-state index in [2.05, 4.69) is 15.3 Å². The quantitative estimate of drug-likeness (QED) is 0.771. The van der Waals surface area contributed by atoms with Gasteiger partial charge in [-0.25, -0.2) is 9.97 Å². The number of aromatic nitrogens is 2. The van der Waals surface area contributed by atoms with Gasteiger partial charge in [0.25, 0.3) is 0 Å². The summed E-state index contributed by atoms with van der Waals surface area (Å²) in [7, 11) is 0. The molecule has 1 aliphatic heterocycles. The molecule has 2 rings (SSSR count). The van der Waals surface area contributed by atoms with Crippen LogP contribution in [0.5, 0.6) is 0 Å². The Morgan fingerprint density at radius 1 is 1.47 bits per heavy atom. The lowest BCUT2D eigenvalue weighted by Crippen LogP contribution is -2.30. The van der Waals surface area contributed by atoms with Crippen LogP contribution in [-0.4, -0.2) is 27.7 Å². The van der Waals surface area contributed by atoms with Crippen LogP contribution in [0.1, 0.15) is 25.0 Å². The monoisotopic (exact) mass is 252 g/mol. The summed E-state index contributed by atoms with van der Waals surface area (Å²) in [6.45, 7) is 2.64. The van der Waals surface area contributed by atoms with Crippen molar-refractivity contribution in [2.24, 2.45) is 0 Å². The fourth-order valence-electron chi connectivity index (χ4n) is 1.77. The first-order chi connectivity index (χ1) is 8.15. The molecule has 1 aliphatic rings. The van der Waals surface area contributed by atoms with E-state index in [4.69, 9.17) is 5.73 Å². The number of nitrogens with zero attached hydrogens (tertiary/aromatic N) is 2. The van der Waals surface area contributed by atoms with Crippen molar-refractivity contribution in [3.8, 4) is 0 Å². The van der Waals surface area contributed by atoms with E-state index < -0.39 is 0 Å². The highest BCUT2D eigenvalue weighted by Gasteiger charge is 2.22. The van der Waals surface area contributed by atoms with Crippen molar-refractivity contribution in [3.05, 3.63) is 11.8 Å². The van der Waals surface area contributed by atoms with Gasteiger partial charge in [0.05, 0.1) is 5.25 Å². The van der Waals surface area contributed by atoms with E-state index >= 15 is 0 Å². The largest absolute Gasteiger partial charge is 0.384 e. The van der Waals surface area contributed by atoms with Crippen molar-refractivity contribution in [3.63, 3.8) is 0 Å². The Morgan fingerprint density at radius 3 is 3.06 bits per heavy atom. The molecule has 1 aromatic rings. The minimum Gasteiger partial charge on any atom is -0.384 e. The maximum absolute atomic E-state index is 11.8. The molecule has 1 atom stereocenters. The van der Waals surface area contributed by atoms with Gasteiger partial charge in [-0.3, -0.25) is 4.79 Å². The number of hydrogen-bond donors (Lipinski definition) is 2. The van der Waals surface area contributed by atoms with E-state index in [1.807, 2.05) is 6.92 Å². The number of rotatable bonds is 2. The third-order valence-corrected chi connectivity index (χ3v) is 3.71. The van der Waals surface area contributed by atoms with Crippen LogP contribution in [0.25, 0.3) is 0 Å². The molecule has 1 amide bonds. The first kappa shape index (κ1) is 12.2. The third-order valence-electron chi connectivity index (χ3n) is 2.59. The van der Waals surface area contributed by atoms with Crippen LogP contribution in [0, 0.1) is 6.92 Å². The van der Waals surface area contributed by atoms with E-state index in [9.17, 15) is 4.79 Å². The third kappa shape index (κ3) is 3.33. The lowest BCUT2D eigenvalue weighted by molar-refractivity contribution is -0.120. The normalized spacial score (nSPS) is 20.8. The van der Waals surface area contributed by atoms with Crippen molar-refractivity contribution < 1.29 is 4.79 Å². The molecule has 17 heavy (non-hydrogen) atoms. The van der Waals surface area contributed by atoms with Crippen LogP contribution >= 0.6 is 11.8 Å². The number of aryl methyl sites for hydroxylation is 1. The molecule has 0 aromatic carbocycles. The Hall–Kier alpha value is -1.30. The molecular weight excluding hydrogens is 236 g/mol. The molecule has 0 saturated carbocycles. The molecule has 0 aliphatic carbocycles.